The summed E-state index contributed by atoms with van der Waals surface area (Å²) in [5.41, 5.74) is 1.02. The first-order valence-electron chi connectivity index (χ1n) is 7.15. The molecule has 4 nitrogen and oxygen atoms in total. The fourth-order valence-corrected chi connectivity index (χ4v) is 2.22. The van der Waals surface area contributed by atoms with Gasteiger partial charge in [-0.2, -0.15) is 0 Å². The molecule has 2 rings (SSSR count). The van der Waals surface area contributed by atoms with E-state index in [1.807, 2.05) is 37.3 Å². The standard InChI is InChI=1S/C16H23NO3/c1-12(10-17-14-8-15(9-14)19-2)16(18)20-11-13-6-4-3-5-7-13/h3-7,12,14-15,17H,8-11H2,1-2H3. The molecule has 1 atom stereocenters. The molecule has 1 aliphatic carbocycles. The number of rotatable bonds is 7. The Hall–Kier alpha value is -1.39. The maximum Gasteiger partial charge on any atom is 0.310 e. The second-order valence-electron chi connectivity index (χ2n) is 5.43. The van der Waals surface area contributed by atoms with Gasteiger partial charge in [-0.1, -0.05) is 37.3 Å². The second-order valence-corrected chi connectivity index (χ2v) is 5.43. The van der Waals surface area contributed by atoms with E-state index in [2.05, 4.69) is 5.32 Å². The van der Waals surface area contributed by atoms with Crippen LogP contribution in [0.4, 0.5) is 0 Å². The van der Waals surface area contributed by atoms with Crippen LogP contribution in [0.5, 0.6) is 0 Å². The van der Waals surface area contributed by atoms with E-state index in [4.69, 9.17) is 9.47 Å². The topological polar surface area (TPSA) is 47.6 Å². The SMILES string of the molecule is COC1CC(NCC(C)C(=O)OCc2ccccc2)C1. The van der Waals surface area contributed by atoms with Crippen molar-refractivity contribution in [3.8, 4) is 0 Å². The third-order valence-corrected chi connectivity index (χ3v) is 3.77. The summed E-state index contributed by atoms with van der Waals surface area (Å²) in [5.74, 6) is -0.274. The Morgan fingerprint density at radius 2 is 2.05 bits per heavy atom. The van der Waals surface area contributed by atoms with E-state index >= 15 is 0 Å². The van der Waals surface area contributed by atoms with E-state index in [-0.39, 0.29) is 11.9 Å². The van der Waals surface area contributed by atoms with Crippen molar-refractivity contribution >= 4 is 5.97 Å². The van der Waals surface area contributed by atoms with Crippen LogP contribution in [0.1, 0.15) is 25.3 Å². The lowest BCUT2D eigenvalue weighted by atomic mass is 9.89. The minimum atomic E-state index is -0.149. The molecular formula is C16H23NO3. The fourth-order valence-electron chi connectivity index (χ4n) is 2.22. The van der Waals surface area contributed by atoms with E-state index in [0.29, 0.717) is 25.3 Å². The fraction of sp³-hybridized carbons (Fsp3) is 0.562. The Balaban J connectivity index is 1.62. The number of nitrogens with one attached hydrogen (secondary N) is 1. The quantitative estimate of drug-likeness (QED) is 0.776. The molecule has 1 saturated carbocycles. The number of hydrogen-bond donors (Lipinski definition) is 1. The summed E-state index contributed by atoms with van der Waals surface area (Å²) in [6, 6.07) is 10.2. The highest BCUT2D eigenvalue weighted by Crippen LogP contribution is 2.22. The lowest BCUT2D eigenvalue weighted by Crippen LogP contribution is -2.47. The van der Waals surface area contributed by atoms with Gasteiger partial charge in [-0.05, 0) is 18.4 Å². The Morgan fingerprint density at radius 3 is 2.70 bits per heavy atom. The summed E-state index contributed by atoms with van der Waals surface area (Å²) in [5, 5.41) is 3.38. The highest BCUT2D eigenvalue weighted by atomic mass is 16.5. The van der Waals surface area contributed by atoms with Gasteiger partial charge in [-0.15, -0.1) is 0 Å². The van der Waals surface area contributed by atoms with Gasteiger partial charge < -0.3 is 14.8 Å². The van der Waals surface area contributed by atoms with Gasteiger partial charge in [0.15, 0.2) is 0 Å². The van der Waals surface area contributed by atoms with Gasteiger partial charge in [0.2, 0.25) is 0 Å². The molecule has 0 heterocycles. The largest absolute Gasteiger partial charge is 0.461 e. The normalized spacial score (nSPS) is 22.9. The van der Waals surface area contributed by atoms with Crippen molar-refractivity contribution in [3.05, 3.63) is 35.9 Å². The molecule has 1 aromatic carbocycles. The van der Waals surface area contributed by atoms with Crippen LogP contribution in [0.15, 0.2) is 30.3 Å². The molecule has 1 fully saturated rings. The van der Waals surface area contributed by atoms with Crippen molar-refractivity contribution in [3.63, 3.8) is 0 Å². The Bertz CT molecular complexity index is 415. The third kappa shape index (κ3) is 4.32. The molecule has 0 aliphatic heterocycles. The van der Waals surface area contributed by atoms with Crippen LogP contribution < -0.4 is 5.32 Å². The molecule has 4 heteroatoms. The molecule has 0 bridgehead atoms. The number of esters is 1. The van der Waals surface area contributed by atoms with Crippen molar-refractivity contribution in [1.82, 2.24) is 5.32 Å². The average Bonchev–Trinajstić information content (AvgIpc) is 2.44. The lowest BCUT2D eigenvalue weighted by molar-refractivity contribution is -0.149. The maximum absolute atomic E-state index is 11.9. The molecule has 20 heavy (non-hydrogen) atoms. The van der Waals surface area contributed by atoms with Gasteiger partial charge >= 0.3 is 5.97 Å². The van der Waals surface area contributed by atoms with E-state index in [0.717, 1.165) is 18.4 Å². The Morgan fingerprint density at radius 1 is 1.35 bits per heavy atom. The molecule has 1 unspecified atom stereocenters. The zero-order chi connectivity index (χ0) is 14.4. The highest BCUT2D eigenvalue weighted by Gasteiger charge is 2.29. The van der Waals surface area contributed by atoms with Crippen LogP contribution in [0, 0.1) is 5.92 Å². The summed E-state index contributed by atoms with van der Waals surface area (Å²) in [4.78, 5) is 11.9. The molecule has 110 valence electrons. The monoisotopic (exact) mass is 277 g/mol. The first-order valence-corrected chi connectivity index (χ1v) is 7.15. The summed E-state index contributed by atoms with van der Waals surface area (Å²) < 4.78 is 10.5. The summed E-state index contributed by atoms with van der Waals surface area (Å²) >= 11 is 0. The summed E-state index contributed by atoms with van der Waals surface area (Å²) in [6.07, 6.45) is 2.44. The predicted molar refractivity (Wildman–Crippen MR) is 77.2 cm³/mol. The van der Waals surface area contributed by atoms with E-state index in [1.165, 1.54) is 0 Å². The highest BCUT2D eigenvalue weighted by molar-refractivity contribution is 5.72. The molecule has 0 aromatic heterocycles. The van der Waals surface area contributed by atoms with Crippen molar-refractivity contribution in [2.24, 2.45) is 5.92 Å². The molecule has 1 N–H and O–H groups in total. The second kappa shape index (κ2) is 7.41. The number of ether oxygens (including phenoxy) is 2. The number of carbonyl (C=O) groups excluding carboxylic acids is 1. The number of carbonyl (C=O) groups is 1. The van der Waals surface area contributed by atoms with Crippen LogP contribution in [0.25, 0.3) is 0 Å². The first-order chi connectivity index (χ1) is 9.69. The third-order valence-electron chi connectivity index (χ3n) is 3.77. The molecular weight excluding hydrogens is 254 g/mol. The number of benzene rings is 1. The van der Waals surface area contributed by atoms with Crippen LogP contribution >= 0.6 is 0 Å². The van der Waals surface area contributed by atoms with Gasteiger partial charge in [0.1, 0.15) is 6.61 Å². The summed E-state index contributed by atoms with van der Waals surface area (Å²) in [7, 11) is 1.74. The van der Waals surface area contributed by atoms with Crippen LogP contribution in [-0.4, -0.2) is 31.8 Å². The Kier molecular flexibility index (Phi) is 5.56. The van der Waals surface area contributed by atoms with Gasteiger partial charge in [0, 0.05) is 19.7 Å². The Labute approximate surface area is 120 Å². The molecule has 0 radical (unpaired) electrons. The van der Waals surface area contributed by atoms with Crippen molar-refractivity contribution in [1.29, 1.82) is 0 Å². The number of hydrogen-bond acceptors (Lipinski definition) is 4. The predicted octanol–water partition coefficient (Wildman–Crippen LogP) is 2.13. The number of methoxy groups -OCH3 is 1. The van der Waals surface area contributed by atoms with Gasteiger partial charge in [0.05, 0.1) is 12.0 Å². The molecule has 0 saturated heterocycles. The molecule has 0 spiro atoms. The average molecular weight is 277 g/mol. The van der Waals surface area contributed by atoms with Gasteiger partial charge in [-0.25, -0.2) is 0 Å². The molecule has 0 amide bonds. The lowest BCUT2D eigenvalue weighted by Gasteiger charge is -2.35. The first kappa shape index (κ1) is 15.0. The minimum absolute atomic E-state index is 0.125. The van der Waals surface area contributed by atoms with E-state index < -0.39 is 0 Å². The zero-order valence-electron chi connectivity index (χ0n) is 12.2. The summed E-state index contributed by atoms with van der Waals surface area (Å²) in [6.45, 7) is 2.90. The van der Waals surface area contributed by atoms with Gasteiger partial charge in [-0.3, -0.25) is 4.79 Å². The van der Waals surface area contributed by atoms with Crippen LogP contribution in [-0.2, 0) is 20.9 Å². The smallest absolute Gasteiger partial charge is 0.310 e. The maximum atomic E-state index is 11.9. The van der Waals surface area contributed by atoms with Gasteiger partial charge in [0.25, 0.3) is 0 Å². The molecule has 1 aromatic rings. The minimum Gasteiger partial charge on any atom is -0.461 e. The van der Waals surface area contributed by atoms with E-state index in [1.54, 1.807) is 7.11 Å². The van der Waals surface area contributed by atoms with E-state index in [9.17, 15) is 4.79 Å². The van der Waals surface area contributed by atoms with Crippen LogP contribution in [0.3, 0.4) is 0 Å². The zero-order valence-corrected chi connectivity index (χ0v) is 12.2. The van der Waals surface area contributed by atoms with Crippen molar-refractivity contribution in [2.75, 3.05) is 13.7 Å². The van der Waals surface area contributed by atoms with Crippen molar-refractivity contribution < 1.29 is 14.3 Å². The van der Waals surface area contributed by atoms with Crippen LogP contribution in [0.2, 0.25) is 0 Å². The molecule has 1 aliphatic rings. The van der Waals surface area contributed by atoms with Crippen molar-refractivity contribution in [2.45, 2.75) is 38.5 Å².